The van der Waals surface area contributed by atoms with Gasteiger partial charge in [0.15, 0.2) is 0 Å². The van der Waals surface area contributed by atoms with Gasteiger partial charge >= 0.3 is 0 Å². The van der Waals surface area contributed by atoms with Gasteiger partial charge in [0, 0.05) is 31.3 Å². The summed E-state index contributed by atoms with van der Waals surface area (Å²) in [7, 11) is 0. The van der Waals surface area contributed by atoms with Crippen LogP contribution in [0.4, 0.5) is 0 Å². The molecule has 1 aliphatic rings. The van der Waals surface area contributed by atoms with E-state index in [1.165, 1.54) is 0 Å². The van der Waals surface area contributed by atoms with E-state index in [2.05, 4.69) is 15.5 Å². The number of rotatable bonds is 4. The molecule has 2 aromatic rings. The van der Waals surface area contributed by atoms with Gasteiger partial charge in [0.1, 0.15) is 5.76 Å². The lowest BCUT2D eigenvalue weighted by Crippen LogP contribution is -2.29. The van der Waals surface area contributed by atoms with Crippen LogP contribution in [0.2, 0.25) is 0 Å². The van der Waals surface area contributed by atoms with Gasteiger partial charge in [-0.15, -0.1) is 5.10 Å². The van der Waals surface area contributed by atoms with Crippen LogP contribution in [0.1, 0.15) is 35.9 Å². The topological polar surface area (TPSA) is 77.0 Å². The molecule has 3 heterocycles. The van der Waals surface area contributed by atoms with E-state index in [1.807, 2.05) is 29.6 Å². The normalized spacial score (nSPS) is 18.4. The van der Waals surface area contributed by atoms with Crippen LogP contribution in [-0.4, -0.2) is 44.0 Å². The Bertz CT molecular complexity index is 600. The van der Waals surface area contributed by atoms with E-state index >= 15 is 0 Å². The second-order valence-corrected chi connectivity index (χ2v) is 5.47. The number of likely N-dealkylation sites (tertiary alicyclic amines) is 1. The second kappa shape index (κ2) is 5.67. The summed E-state index contributed by atoms with van der Waals surface area (Å²) >= 11 is 0. The van der Waals surface area contributed by atoms with Gasteiger partial charge in [0.05, 0.1) is 17.9 Å². The number of aromatic nitrogens is 4. The number of aryl methyl sites for hydroxylation is 2. The molecule has 21 heavy (non-hydrogen) atoms. The summed E-state index contributed by atoms with van der Waals surface area (Å²) in [4.78, 5) is 14.2. The molecular weight excluding hydrogens is 270 g/mol. The summed E-state index contributed by atoms with van der Waals surface area (Å²) < 4.78 is 6.96. The van der Waals surface area contributed by atoms with Crippen LogP contribution >= 0.6 is 0 Å². The molecule has 0 bridgehead atoms. The van der Waals surface area contributed by atoms with Crippen molar-refractivity contribution < 1.29 is 9.32 Å². The van der Waals surface area contributed by atoms with Crippen LogP contribution in [-0.2, 0) is 11.2 Å². The van der Waals surface area contributed by atoms with Crippen molar-refractivity contribution in [3.05, 3.63) is 29.4 Å². The molecule has 0 saturated carbocycles. The molecule has 0 aromatic carbocycles. The lowest BCUT2D eigenvalue weighted by Gasteiger charge is -2.16. The molecule has 0 N–H and O–H groups in total. The molecule has 1 saturated heterocycles. The highest BCUT2D eigenvalue weighted by Gasteiger charge is 2.27. The zero-order valence-electron chi connectivity index (χ0n) is 12.3. The zero-order chi connectivity index (χ0) is 14.8. The Morgan fingerprint density at radius 2 is 2.33 bits per heavy atom. The minimum atomic E-state index is 0.178. The van der Waals surface area contributed by atoms with Crippen molar-refractivity contribution in [1.82, 2.24) is 25.1 Å². The SMILES string of the molecule is Cc1noc(C)c1CCC(=O)N1CCC(n2ccnn2)C1. The van der Waals surface area contributed by atoms with Crippen LogP contribution in [0.15, 0.2) is 16.9 Å². The molecule has 7 heteroatoms. The number of nitrogens with zero attached hydrogens (tertiary/aromatic N) is 5. The van der Waals surface area contributed by atoms with E-state index in [4.69, 9.17) is 4.52 Å². The van der Waals surface area contributed by atoms with Crippen LogP contribution in [0.5, 0.6) is 0 Å². The van der Waals surface area contributed by atoms with Crippen molar-refractivity contribution in [2.45, 2.75) is 39.2 Å². The Balaban J connectivity index is 1.55. The molecule has 112 valence electrons. The fraction of sp³-hybridized carbons (Fsp3) is 0.571. The highest BCUT2D eigenvalue weighted by Crippen LogP contribution is 2.22. The molecule has 0 spiro atoms. The predicted molar refractivity (Wildman–Crippen MR) is 74.6 cm³/mol. The first kappa shape index (κ1) is 13.8. The molecule has 1 aliphatic heterocycles. The maximum absolute atomic E-state index is 12.3. The summed E-state index contributed by atoms with van der Waals surface area (Å²) in [6.07, 6.45) is 5.63. The van der Waals surface area contributed by atoms with Gasteiger partial charge in [-0.3, -0.25) is 4.79 Å². The number of hydrogen-bond donors (Lipinski definition) is 0. The molecule has 1 fully saturated rings. The molecule has 0 radical (unpaired) electrons. The molecular formula is C14H19N5O2. The maximum atomic E-state index is 12.3. The number of amides is 1. The Morgan fingerprint density at radius 1 is 1.48 bits per heavy atom. The summed E-state index contributed by atoms with van der Waals surface area (Å²) in [6, 6.07) is 0.246. The predicted octanol–water partition coefficient (Wildman–Crippen LogP) is 1.29. The Labute approximate surface area is 122 Å². The fourth-order valence-corrected chi connectivity index (χ4v) is 2.85. The zero-order valence-corrected chi connectivity index (χ0v) is 12.3. The lowest BCUT2D eigenvalue weighted by atomic mass is 10.1. The van der Waals surface area contributed by atoms with Crippen LogP contribution < -0.4 is 0 Å². The van der Waals surface area contributed by atoms with Gasteiger partial charge in [-0.2, -0.15) is 0 Å². The van der Waals surface area contributed by atoms with E-state index < -0.39 is 0 Å². The monoisotopic (exact) mass is 289 g/mol. The summed E-state index contributed by atoms with van der Waals surface area (Å²) in [5.74, 6) is 0.986. The fourth-order valence-electron chi connectivity index (χ4n) is 2.85. The average Bonchev–Trinajstić information content (AvgIpc) is 3.18. The molecule has 7 nitrogen and oxygen atoms in total. The summed E-state index contributed by atoms with van der Waals surface area (Å²) in [5, 5.41) is 11.7. The van der Waals surface area contributed by atoms with E-state index in [1.54, 1.807) is 6.20 Å². The number of hydrogen-bond acceptors (Lipinski definition) is 5. The Hall–Kier alpha value is -2.18. The number of carbonyl (C=O) groups is 1. The van der Waals surface area contributed by atoms with E-state index in [-0.39, 0.29) is 11.9 Å². The lowest BCUT2D eigenvalue weighted by molar-refractivity contribution is -0.130. The summed E-state index contributed by atoms with van der Waals surface area (Å²) in [5.41, 5.74) is 1.93. The standard InChI is InChI=1S/C14H19N5O2/c1-10-13(11(2)21-16-10)3-4-14(20)18-7-5-12(9-18)19-8-6-15-17-19/h6,8,12H,3-5,7,9H2,1-2H3. The van der Waals surface area contributed by atoms with Crippen molar-refractivity contribution in [3.63, 3.8) is 0 Å². The van der Waals surface area contributed by atoms with E-state index in [9.17, 15) is 4.79 Å². The molecule has 0 aliphatic carbocycles. The van der Waals surface area contributed by atoms with Crippen LogP contribution in [0, 0.1) is 13.8 Å². The van der Waals surface area contributed by atoms with Gasteiger partial charge in [0.2, 0.25) is 5.91 Å². The van der Waals surface area contributed by atoms with Crippen LogP contribution in [0.3, 0.4) is 0 Å². The Kier molecular flexibility index (Phi) is 3.72. The van der Waals surface area contributed by atoms with Crippen molar-refractivity contribution in [3.8, 4) is 0 Å². The molecule has 2 aromatic heterocycles. The minimum absolute atomic E-state index is 0.178. The highest BCUT2D eigenvalue weighted by molar-refractivity contribution is 5.76. The van der Waals surface area contributed by atoms with Crippen LogP contribution in [0.25, 0.3) is 0 Å². The highest BCUT2D eigenvalue weighted by atomic mass is 16.5. The van der Waals surface area contributed by atoms with E-state index in [0.717, 1.165) is 30.0 Å². The van der Waals surface area contributed by atoms with E-state index in [0.29, 0.717) is 19.4 Å². The average molecular weight is 289 g/mol. The first-order valence-electron chi connectivity index (χ1n) is 7.20. The smallest absolute Gasteiger partial charge is 0.222 e. The molecule has 1 atom stereocenters. The minimum Gasteiger partial charge on any atom is -0.361 e. The second-order valence-electron chi connectivity index (χ2n) is 5.47. The molecule has 1 amide bonds. The first-order valence-corrected chi connectivity index (χ1v) is 7.20. The van der Waals surface area contributed by atoms with Gasteiger partial charge < -0.3 is 9.42 Å². The van der Waals surface area contributed by atoms with Crippen molar-refractivity contribution >= 4 is 5.91 Å². The third-order valence-electron chi connectivity index (χ3n) is 4.10. The number of carbonyl (C=O) groups excluding carboxylic acids is 1. The third kappa shape index (κ3) is 2.81. The van der Waals surface area contributed by atoms with Gasteiger partial charge in [-0.1, -0.05) is 10.4 Å². The van der Waals surface area contributed by atoms with Gasteiger partial charge in [-0.25, -0.2) is 4.68 Å². The largest absolute Gasteiger partial charge is 0.361 e. The third-order valence-corrected chi connectivity index (χ3v) is 4.10. The Morgan fingerprint density at radius 3 is 3.00 bits per heavy atom. The quantitative estimate of drug-likeness (QED) is 0.847. The summed E-state index contributed by atoms with van der Waals surface area (Å²) in [6.45, 7) is 5.29. The molecule has 1 unspecified atom stereocenters. The van der Waals surface area contributed by atoms with Crippen molar-refractivity contribution in [2.75, 3.05) is 13.1 Å². The van der Waals surface area contributed by atoms with Gasteiger partial charge in [-0.05, 0) is 26.7 Å². The van der Waals surface area contributed by atoms with Gasteiger partial charge in [0.25, 0.3) is 0 Å². The van der Waals surface area contributed by atoms with Crippen molar-refractivity contribution in [1.29, 1.82) is 0 Å². The first-order chi connectivity index (χ1) is 10.1. The molecule has 3 rings (SSSR count). The van der Waals surface area contributed by atoms with Crippen molar-refractivity contribution in [2.24, 2.45) is 0 Å². The maximum Gasteiger partial charge on any atom is 0.222 e.